The average molecular weight is 533 g/mol. The number of amides is 1. The lowest BCUT2D eigenvalue weighted by Crippen LogP contribution is -2.32. The third kappa shape index (κ3) is 5.32. The first-order valence-corrected chi connectivity index (χ1v) is 12.7. The highest BCUT2D eigenvalue weighted by molar-refractivity contribution is 6.01. The Morgan fingerprint density at radius 3 is 2.55 bits per heavy atom. The van der Waals surface area contributed by atoms with Crippen molar-refractivity contribution in [3.05, 3.63) is 90.7 Å². The Labute approximate surface area is 229 Å². The maximum absolute atomic E-state index is 13.0. The van der Waals surface area contributed by atoms with Crippen LogP contribution in [0.25, 0.3) is 17.1 Å². The Bertz CT molecular complexity index is 1690. The van der Waals surface area contributed by atoms with Crippen LogP contribution in [0.4, 0.5) is 5.82 Å². The maximum atomic E-state index is 13.0. The van der Waals surface area contributed by atoms with E-state index in [1.807, 2.05) is 60.7 Å². The second kappa shape index (κ2) is 11.0. The summed E-state index contributed by atoms with van der Waals surface area (Å²) in [5.41, 5.74) is 0.601. The highest BCUT2D eigenvalue weighted by atomic mass is 16.5. The molecule has 1 atom stereocenters. The fourth-order valence-corrected chi connectivity index (χ4v) is 4.50. The number of nitrogens with one attached hydrogen (secondary N) is 3. The van der Waals surface area contributed by atoms with Gasteiger partial charge in [-0.15, -0.1) is 0 Å². The van der Waals surface area contributed by atoms with Gasteiger partial charge in [0.25, 0.3) is 5.91 Å². The van der Waals surface area contributed by atoms with Gasteiger partial charge >= 0.3 is 0 Å². The normalized spacial score (nSPS) is 15.1. The van der Waals surface area contributed by atoms with E-state index in [-0.39, 0.29) is 17.5 Å². The summed E-state index contributed by atoms with van der Waals surface area (Å²) in [6.07, 6.45) is 7.01. The second-order valence-electron chi connectivity index (χ2n) is 9.12. The molecule has 0 bridgehead atoms. The number of aromatic amines is 2. The first-order valence-electron chi connectivity index (χ1n) is 12.7. The molecule has 0 aliphatic carbocycles. The number of anilines is 1. The number of hydrogen-bond donors (Lipinski definition) is 3. The minimum Gasteiger partial charge on any atom is -0.457 e. The molecule has 2 aromatic carbocycles. The maximum Gasteiger partial charge on any atom is 0.264 e. The van der Waals surface area contributed by atoms with Crippen LogP contribution in [-0.2, 0) is 4.79 Å². The number of H-pyrrole nitrogens is 2. The van der Waals surface area contributed by atoms with Gasteiger partial charge in [0.1, 0.15) is 45.9 Å². The average Bonchev–Trinajstić information content (AvgIpc) is 3.76. The van der Waals surface area contributed by atoms with Crippen molar-refractivity contribution in [1.29, 1.82) is 5.26 Å². The van der Waals surface area contributed by atoms with Crippen LogP contribution in [0.15, 0.2) is 84.8 Å². The number of carbonyl (C=O) groups excluding carboxylic acids is 1. The molecule has 3 N–H and O–H groups in total. The minimum atomic E-state index is -0.333. The Morgan fingerprint density at radius 2 is 1.80 bits per heavy atom. The van der Waals surface area contributed by atoms with E-state index in [1.54, 1.807) is 29.6 Å². The molecule has 1 fully saturated rings. The molecule has 11 heteroatoms. The van der Waals surface area contributed by atoms with Crippen molar-refractivity contribution in [3.63, 3.8) is 0 Å². The molecule has 1 aliphatic rings. The zero-order valence-electron chi connectivity index (χ0n) is 21.2. The van der Waals surface area contributed by atoms with Crippen LogP contribution in [0.2, 0.25) is 0 Å². The van der Waals surface area contributed by atoms with E-state index in [0.717, 1.165) is 5.75 Å². The van der Waals surface area contributed by atoms with E-state index in [1.165, 1.54) is 6.08 Å². The summed E-state index contributed by atoms with van der Waals surface area (Å²) in [6.45, 7) is 0.929. The molecule has 11 nitrogen and oxygen atoms in total. The molecule has 1 aliphatic heterocycles. The Kier molecular flexibility index (Phi) is 6.79. The van der Waals surface area contributed by atoms with Gasteiger partial charge in [-0.05, 0) is 42.8 Å². The van der Waals surface area contributed by atoms with Gasteiger partial charge < -0.3 is 24.7 Å². The number of ether oxygens (including phenoxy) is 2. The van der Waals surface area contributed by atoms with Crippen molar-refractivity contribution in [1.82, 2.24) is 30.0 Å². The van der Waals surface area contributed by atoms with Crippen molar-refractivity contribution < 1.29 is 14.3 Å². The lowest BCUT2D eigenvalue weighted by atomic mass is 10.2. The van der Waals surface area contributed by atoms with E-state index in [2.05, 4.69) is 30.5 Å². The molecular formula is C29H24N8O3. The lowest BCUT2D eigenvalue weighted by Gasteiger charge is -2.17. The standard InChI is InChI=1S/C29H24N8O3/c30-17-19(16-25-31-13-14-32-25)29(38)37-15-11-20(18-37)34-28-26-24(10-12-33-27(26)35-36-28)40-23-8-6-22(7-9-23)39-21-4-2-1-3-5-21/h1-10,12-14,16,20H,11,15,18H2,(H,31,32)(H2,33,34,35,36)/b19-16+/t20-/m1/s1. The van der Waals surface area contributed by atoms with Gasteiger partial charge in [0.05, 0.1) is 0 Å². The van der Waals surface area contributed by atoms with Crippen LogP contribution in [0.1, 0.15) is 12.2 Å². The summed E-state index contributed by atoms with van der Waals surface area (Å²) < 4.78 is 12.1. The van der Waals surface area contributed by atoms with Crippen LogP contribution in [-0.4, -0.2) is 55.1 Å². The van der Waals surface area contributed by atoms with Crippen LogP contribution in [0.3, 0.4) is 0 Å². The second-order valence-corrected chi connectivity index (χ2v) is 9.12. The molecule has 4 heterocycles. The van der Waals surface area contributed by atoms with Crippen LogP contribution in [0, 0.1) is 11.3 Å². The molecule has 3 aromatic heterocycles. The Hall–Kier alpha value is -5.63. The van der Waals surface area contributed by atoms with Gasteiger partial charge in [-0.25, -0.2) is 9.97 Å². The number of pyridine rings is 1. The van der Waals surface area contributed by atoms with Crippen molar-refractivity contribution in [2.75, 3.05) is 18.4 Å². The van der Waals surface area contributed by atoms with E-state index in [4.69, 9.17) is 9.47 Å². The van der Waals surface area contributed by atoms with Crippen LogP contribution < -0.4 is 14.8 Å². The number of nitrogens with zero attached hydrogens (tertiary/aromatic N) is 5. The molecule has 0 saturated carbocycles. The quantitative estimate of drug-likeness (QED) is 0.189. The van der Waals surface area contributed by atoms with Gasteiger partial charge in [-0.3, -0.25) is 9.89 Å². The summed E-state index contributed by atoms with van der Waals surface area (Å²) in [5, 5.41) is 21.0. The fourth-order valence-electron chi connectivity index (χ4n) is 4.50. The molecule has 1 amide bonds. The lowest BCUT2D eigenvalue weighted by molar-refractivity contribution is -0.125. The molecule has 6 rings (SSSR count). The van der Waals surface area contributed by atoms with Gasteiger partial charge in [0.2, 0.25) is 0 Å². The molecule has 0 unspecified atom stereocenters. The third-order valence-electron chi connectivity index (χ3n) is 6.42. The number of carbonyl (C=O) groups is 1. The van der Waals surface area contributed by atoms with Crippen molar-refractivity contribution >= 4 is 28.8 Å². The number of hydrogen-bond acceptors (Lipinski definition) is 8. The molecule has 5 aromatic rings. The first-order chi connectivity index (χ1) is 19.7. The van der Waals surface area contributed by atoms with E-state index in [9.17, 15) is 10.1 Å². The molecular weight excluding hydrogens is 508 g/mol. The number of rotatable bonds is 8. The predicted molar refractivity (Wildman–Crippen MR) is 148 cm³/mol. The zero-order valence-corrected chi connectivity index (χ0v) is 21.2. The van der Waals surface area contributed by atoms with Gasteiger partial charge in [-0.1, -0.05) is 18.2 Å². The number of imidazole rings is 1. The van der Waals surface area contributed by atoms with Crippen LogP contribution in [0.5, 0.6) is 23.0 Å². The Balaban J connectivity index is 1.14. The SMILES string of the molecule is N#C/C(=C\c1ncc[nH]1)C(=O)N1CC[C@@H](Nc2n[nH]c3nccc(Oc4ccc(Oc5ccccc5)cc4)c23)C1. The monoisotopic (exact) mass is 532 g/mol. The minimum absolute atomic E-state index is 0.0286. The number of aromatic nitrogens is 5. The smallest absolute Gasteiger partial charge is 0.264 e. The summed E-state index contributed by atoms with van der Waals surface area (Å²) in [4.78, 5) is 25.9. The molecule has 198 valence electrons. The van der Waals surface area contributed by atoms with Crippen molar-refractivity contribution in [2.45, 2.75) is 12.5 Å². The van der Waals surface area contributed by atoms with E-state index >= 15 is 0 Å². The van der Waals surface area contributed by atoms with Gasteiger partial charge in [0.15, 0.2) is 11.5 Å². The van der Waals surface area contributed by atoms with Crippen LogP contribution >= 0.6 is 0 Å². The van der Waals surface area contributed by atoms with Crippen molar-refractivity contribution in [2.24, 2.45) is 0 Å². The number of nitriles is 1. The van der Waals surface area contributed by atoms with E-state index in [0.29, 0.717) is 59.4 Å². The zero-order chi connectivity index (χ0) is 27.3. The predicted octanol–water partition coefficient (Wildman–Crippen LogP) is 4.89. The summed E-state index contributed by atoms with van der Waals surface area (Å²) >= 11 is 0. The Morgan fingerprint density at radius 1 is 1.02 bits per heavy atom. The number of benzene rings is 2. The van der Waals surface area contributed by atoms with Gasteiger partial charge in [-0.2, -0.15) is 10.4 Å². The number of fused-ring (bicyclic) bond motifs is 1. The number of para-hydroxylation sites is 1. The highest BCUT2D eigenvalue weighted by Crippen LogP contribution is 2.34. The summed E-state index contributed by atoms with van der Waals surface area (Å²) in [6, 6.07) is 20.6. The summed E-state index contributed by atoms with van der Waals surface area (Å²) in [5.74, 6) is 3.37. The topological polar surface area (TPSA) is 145 Å². The molecule has 1 saturated heterocycles. The molecule has 40 heavy (non-hydrogen) atoms. The summed E-state index contributed by atoms with van der Waals surface area (Å²) in [7, 11) is 0. The third-order valence-corrected chi connectivity index (χ3v) is 6.42. The fraction of sp³-hybridized carbons (Fsp3) is 0.138. The largest absolute Gasteiger partial charge is 0.457 e. The van der Waals surface area contributed by atoms with Gasteiger partial charge in [0, 0.05) is 49.9 Å². The van der Waals surface area contributed by atoms with Crippen molar-refractivity contribution in [3.8, 4) is 29.1 Å². The van der Waals surface area contributed by atoms with E-state index < -0.39 is 0 Å². The molecule has 0 radical (unpaired) electrons. The molecule has 0 spiro atoms. The number of likely N-dealkylation sites (tertiary alicyclic amines) is 1. The first kappa shape index (κ1) is 24.7. The highest BCUT2D eigenvalue weighted by Gasteiger charge is 2.29.